The number of primary amides is 1. The van der Waals surface area contributed by atoms with E-state index in [0.717, 1.165) is 12.8 Å². The molecule has 1 saturated carbocycles. The van der Waals surface area contributed by atoms with Gasteiger partial charge in [-0.3, -0.25) is 4.79 Å². The Morgan fingerprint density at radius 1 is 1.19 bits per heavy atom. The lowest BCUT2D eigenvalue weighted by Gasteiger charge is -2.27. The molecule has 12 nitrogen and oxygen atoms in total. The average Bonchev–Trinajstić information content (AvgIpc) is 2.90. The zero-order valence-corrected chi connectivity index (χ0v) is 21.9. The Morgan fingerprint density at radius 2 is 1.89 bits per heavy atom. The van der Waals surface area contributed by atoms with Crippen LogP contribution in [0.4, 0.5) is 17.3 Å². The van der Waals surface area contributed by atoms with Crippen LogP contribution in [-0.4, -0.2) is 79.3 Å². The van der Waals surface area contributed by atoms with Crippen LogP contribution >= 0.6 is 0 Å². The topological polar surface area (TPSA) is 169 Å². The van der Waals surface area contributed by atoms with Crippen molar-refractivity contribution in [2.45, 2.75) is 56.1 Å². The van der Waals surface area contributed by atoms with Crippen molar-refractivity contribution in [2.75, 3.05) is 44.0 Å². The van der Waals surface area contributed by atoms with Gasteiger partial charge in [0.15, 0.2) is 11.5 Å². The standard InChI is InChI=1S/C24H34N6O6S/c1-3-18-23(26-15-4-7-17(31)8-5-15)29-24(21(28-18)22(25)32)27-16-6-9-20(19(14-16)35-2)37(33,34)30-10-12-36-13-11-30/h6,9,14-15,17,31H,3-5,7-8,10-13H2,1-2H3,(H2,25,32)(H2,26,27,29)/t15-,17-. The summed E-state index contributed by atoms with van der Waals surface area (Å²) in [5.74, 6) is 0.0913. The van der Waals surface area contributed by atoms with Gasteiger partial charge in [-0.05, 0) is 44.2 Å². The zero-order valence-electron chi connectivity index (χ0n) is 21.1. The smallest absolute Gasteiger partial charge is 0.271 e. The van der Waals surface area contributed by atoms with E-state index in [1.807, 2.05) is 6.92 Å². The predicted octanol–water partition coefficient (Wildman–Crippen LogP) is 1.63. The Kier molecular flexibility index (Phi) is 8.47. The van der Waals surface area contributed by atoms with Gasteiger partial charge < -0.3 is 30.9 Å². The fourth-order valence-corrected chi connectivity index (χ4v) is 6.07. The summed E-state index contributed by atoms with van der Waals surface area (Å²) in [5, 5.41) is 16.3. The largest absolute Gasteiger partial charge is 0.495 e. The van der Waals surface area contributed by atoms with Gasteiger partial charge in [0.25, 0.3) is 5.91 Å². The number of sulfonamides is 1. The molecule has 0 radical (unpaired) electrons. The molecule has 5 N–H and O–H groups in total. The first-order chi connectivity index (χ1) is 17.7. The molecular formula is C24H34N6O6S. The molecule has 1 aliphatic carbocycles. The van der Waals surface area contributed by atoms with Gasteiger partial charge in [0.2, 0.25) is 10.0 Å². The van der Waals surface area contributed by atoms with Gasteiger partial charge in [-0.15, -0.1) is 0 Å². The third-order valence-corrected chi connectivity index (χ3v) is 8.53. The average molecular weight is 535 g/mol. The number of ether oxygens (including phenoxy) is 2. The normalized spacial score (nSPS) is 20.8. The molecule has 1 aromatic carbocycles. The lowest BCUT2D eigenvalue weighted by Crippen LogP contribution is -2.40. The van der Waals surface area contributed by atoms with Crippen LogP contribution in [0.1, 0.15) is 48.8 Å². The van der Waals surface area contributed by atoms with Gasteiger partial charge in [0.05, 0.1) is 32.1 Å². The van der Waals surface area contributed by atoms with Crippen molar-refractivity contribution in [1.29, 1.82) is 0 Å². The van der Waals surface area contributed by atoms with Crippen LogP contribution < -0.4 is 21.1 Å². The van der Waals surface area contributed by atoms with Crippen molar-refractivity contribution in [2.24, 2.45) is 5.73 Å². The summed E-state index contributed by atoms with van der Waals surface area (Å²) in [7, 11) is -2.39. The molecule has 2 fully saturated rings. The van der Waals surface area contributed by atoms with Crippen LogP contribution in [0.15, 0.2) is 23.1 Å². The van der Waals surface area contributed by atoms with E-state index < -0.39 is 15.9 Å². The molecule has 0 unspecified atom stereocenters. The van der Waals surface area contributed by atoms with Crippen molar-refractivity contribution in [3.05, 3.63) is 29.6 Å². The summed E-state index contributed by atoms with van der Waals surface area (Å²) in [4.78, 5) is 21.4. The number of carbonyl (C=O) groups excluding carboxylic acids is 1. The number of hydrogen-bond donors (Lipinski definition) is 4. The van der Waals surface area contributed by atoms with Crippen LogP contribution in [0.2, 0.25) is 0 Å². The third kappa shape index (κ3) is 6.12. The van der Waals surface area contributed by atoms with E-state index in [1.54, 1.807) is 6.07 Å². The van der Waals surface area contributed by atoms with Crippen molar-refractivity contribution in [3.63, 3.8) is 0 Å². The highest BCUT2D eigenvalue weighted by Gasteiger charge is 2.30. The van der Waals surface area contributed by atoms with E-state index in [-0.39, 0.29) is 47.4 Å². The Hall–Kier alpha value is -3.00. The highest BCUT2D eigenvalue weighted by Crippen LogP contribution is 2.32. The highest BCUT2D eigenvalue weighted by molar-refractivity contribution is 7.89. The molecule has 1 amide bonds. The number of benzene rings is 1. The summed E-state index contributed by atoms with van der Waals surface area (Å²) in [6.45, 7) is 3.12. The fourth-order valence-electron chi connectivity index (χ4n) is 4.53. The number of hydrogen-bond acceptors (Lipinski definition) is 10. The van der Waals surface area contributed by atoms with E-state index >= 15 is 0 Å². The van der Waals surface area contributed by atoms with E-state index in [0.29, 0.717) is 49.7 Å². The van der Waals surface area contributed by atoms with Crippen molar-refractivity contribution >= 4 is 33.3 Å². The maximum atomic E-state index is 13.2. The number of aromatic nitrogens is 2. The quantitative estimate of drug-likeness (QED) is 0.371. The summed E-state index contributed by atoms with van der Waals surface area (Å²) < 4.78 is 38.4. The van der Waals surface area contributed by atoms with Crippen LogP contribution in [0.3, 0.4) is 0 Å². The van der Waals surface area contributed by atoms with E-state index in [4.69, 9.17) is 15.2 Å². The van der Waals surface area contributed by atoms with Gasteiger partial charge in [-0.2, -0.15) is 4.31 Å². The van der Waals surface area contributed by atoms with E-state index in [9.17, 15) is 18.3 Å². The van der Waals surface area contributed by atoms with Crippen LogP contribution in [-0.2, 0) is 21.2 Å². The van der Waals surface area contributed by atoms with Crippen LogP contribution in [0.5, 0.6) is 5.75 Å². The second kappa shape index (κ2) is 11.6. The van der Waals surface area contributed by atoms with Gasteiger partial charge in [0.1, 0.15) is 16.5 Å². The Bertz CT molecular complexity index is 1230. The number of aliphatic hydroxyl groups excluding tert-OH is 1. The third-order valence-electron chi connectivity index (χ3n) is 6.59. The fraction of sp³-hybridized carbons (Fsp3) is 0.542. The summed E-state index contributed by atoms with van der Waals surface area (Å²) in [6, 6.07) is 4.69. The first-order valence-corrected chi connectivity index (χ1v) is 13.8. The summed E-state index contributed by atoms with van der Waals surface area (Å²) >= 11 is 0. The number of amides is 1. The highest BCUT2D eigenvalue weighted by atomic mass is 32.2. The number of rotatable bonds is 9. The van der Waals surface area contributed by atoms with E-state index in [1.165, 1.54) is 23.5 Å². The minimum Gasteiger partial charge on any atom is -0.495 e. The second-order valence-corrected chi connectivity index (χ2v) is 11.0. The maximum absolute atomic E-state index is 13.2. The van der Waals surface area contributed by atoms with E-state index in [2.05, 4.69) is 20.6 Å². The maximum Gasteiger partial charge on any atom is 0.271 e. The van der Waals surface area contributed by atoms with Gasteiger partial charge in [-0.25, -0.2) is 18.4 Å². The van der Waals surface area contributed by atoms with Gasteiger partial charge in [0, 0.05) is 30.9 Å². The number of anilines is 3. The lowest BCUT2D eigenvalue weighted by atomic mass is 9.93. The number of nitrogens with two attached hydrogens (primary N) is 1. The van der Waals surface area contributed by atoms with Crippen molar-refractivity contribution in [3.8, 4) is 5.75 Å². The van der Waals surface area contributed by atoms with Crippen molar-refractivity contribution in [1.82, 2.24) is 14.3 Å². The number of aryl methyl sites for hydroxylation is 1. The Labute approximate surface area is 216 Å². The van der Waals surface area contributed by atoms with Crippen LogP contribution in [0, 0.1) is 0 Å². The molecular weight excluding hydrogens is 500 g/mol. The summed E-state index contributed by atoms with van der Waals surface area (Å²) in [5.41, 5.74) is 6.65. The first kappa shape index (κ1) is 27.0. The minimum absolute atomic E-state index is 0.0227. The van der Waals surface area contributed by atoms with Crippen molar-refractivity contribution < 1.29 is 27.8 Å². The molecule has 1 saturated heterocycles. The monoisotopic (exact) mass is 534 g/mol. The lowest BCUT2D eigenvalue weighted by molar-refractivity contribution is 0.0729. The predicted molar refractivity (Wildman–Crippen MR) is 138 cm³/mol. The molecule has 2 aromatic rings. The molecule has 2 heterocycles. The Morgan fingerprint density at radius 3 is 2.51 bits per heavy atom. The number of nitrogens with one attached hydrogen (secondary N) is 2. The molecule has 2 aliphatic rings. The second-order valence-electron chi connectivity index (χ2n) is 9.09. The molecule has 4 rings (SSSR count). The number of nitrogens with zero attached hydrogens (tertiary/aromatic N) is 3. The molecule has 13 heteroatoms. The molecule has 1 aliphatic heterocycles. The number of methoxy groups -OCH3 is 1. The number of morpholine rings is 1. The molecule has 202 valence electrons. The molecule has 0 bridgehead atoms. The SMILES string of the molecule is CCc1nc(C(N)=O)c(Nc2ccc(S(=O)(=O)N3CCOCC3)c(OC)c2)nc1N[C@H]1CC[C@H](O)CC1. The first-order valence-electron chi connectivity index (χ1n) is 12.4. The molecule has 0 spiro atoms. The number of aliphatic hydroxyl groups is 1. The zero-order chi connectivity index (χ0) is 26.6. The molecule has 0 atom stereocenters. The Balaban J connectivity index is 1.64. The molecule has 37 heavy (non-hydrogen) atoms. The van der Waals surface area contributed by atoms with Gasteiger partial charge in [-0.1, -0.05) is 6.92 Å². The van der Waals surface area contributed by atoms with Gasteiger partial charge >= 0.3 is 0 Å². The minimum atomic E-state index is -3.78. The van der Waals surface area contributed by atoms with Crippen LogP contribution in [0.25, 0.3) is 0 Å². The number of carbonyl (C=O) groups is 1. The summed E-state index contributed by atoms with van der Waals surface area (Å²) in [6.07, 6.45) is 3.25. The molecule has 1 aromatic heterocycles.